The Kier molecular flexibility index (Phi) is 4.62. The molecule has 136 valence electrons. The summed E-state index contributed by atoms with van der Waals surface area (Å²) in [5.74, 6) is 1.51. The predicted molar refractivity (Wildman–Crippen MR) is 98.4 cm³/mol. The van der Waals surface area contributed by atoms with Crippen LogP contribution < -0.4 is 10.5 Å². The first-order chi connectivity index (χ1) is 12.6. The molecule has 2 aliphatic rings. The number of piperazine rings is 1. The average Bonchev–Trinajstić information content (AvgIpc) is 3.05. The quantitative estimate of drug-likeness (QED) is 0.734. The fourth-order valence-electron chi connectivity index (χ4n) is 3.35. The SMILES string of the molecule is Cc1cc(=O)n2c(n1)SCC2CC(=O)N1CCN(c2ncccn2)CC1. The van der Waals surface area contributed by atoms with E-state index in [-0.39, 0.29) is 17.5 Å². The van der Waals surface area contributed by atoms with Crippen molar-refractivity contribution in [3.63, 3.8) is 0 Å². The molecule has 0 radical (unpaired) electrons. The Morgan fingerprint density at radius 2 is 1.96 bits per heavy atom. The van der Waals surface area contributed by atoms with Crippen LogP contribution in [0.4, 0.5) is 5.95 Å². The Morgan fingerprint density at radius 3 is 2.69 bits per heavy atom. The molecule has 0 spiro atoms. The monoisotopic (exact) mass is 372 g/mol. The minimum atomic E-state index is -0.112. The van der Waals surface area contributed by atoms with E-state index in [0.29, 0.717) is 38.5 Å². The van der Waals surface area contributed by atoms with Gasteiger partial charge >= 0.3 is 0 Å². The first-order valence-electron chi connectivity index (χ1n) is 8.64. The van der Waals surface area contributed by atoms with Crippen molar-refractivity contribution in [2.24, 2.45) is 0 Å². The second kappa shape index (κ2) is 7.06. The lowest BCUT2D eigenvalue weighted by Gasteiger charge is -2.35. The van der Waals surface area contributed by atoms with Crippen molar-refractivity contribution in [2.75, 3.05) is 36.8 Å². The standard InChI is InChI=1S/C17H20N6O2S/c1-12-9-15(25)23-13(11-26-17(23)20-12)10-14(24)21-5-7-22(8-6-21)16-18-3-2-4-19-16/h2-4,9,13H,5-8,10-11H2,1H3. The van der Waals surface area contributed by atoms with Crippen LogP contribution in [-0.2, 0) is 4.79 Å². The minimum absolute atomic E-state index is 0.0682. The van der Waals surface area contributed by atoms with Crippen LogP contribution in [0, 0.1) is 6.92 Å². The number of carbonyl (C=O) groups excluding carboxylic acids is 1. The van der Waals surface area contributed by atoms with Crippen molar-refractivity contribution >= 4 is 23.6 Å². The molecule has 4 heterocycles. The van der Waals surface area contributed by atoms with Gasteiger partial charge in [0.15, 0.2) is 5.16 Å². The van der Waals surface area contributed by atoms with E-state index < -0.39 is 0 Å². The van der Waals surface area contributed by atoms with Gasteiger partial charge in [0.2, 0.25) is 11.9 Å². The fraction of sp³-hybridized carbons (Fsp3) is 0.471. The molecule has 1 saturated heterocycles. The number of nitrogens with zero attached hydrogens (tertiary/aromatic N) is 6. The topological polar surface area (TPSA) is 84.2 Å². The smallest absolute Gasteiger partial charge is 0.254 e. The molecule has 2 aliphatic heterocycles. The van der Waals surface area contributed by atoms with E-state index >= 15 is 0 Å². The summed E-state index contributed by atoms with van der Waals surface area (Å²) in [6.07, 6.45) is 3.79. The molecule has 2 aromatic rings. The van der Waals surface area contributed by atoms with Gasteiger partial charge < -0.3 is 9.80 Å². The highest BCUT2D eigenvalue weighted by Gasteiger charge is 2.30. The number of anilines is 1. The zero-order valence-corrected chi connectivity index (χ0v) is 15.4. The van der Waals surface area contributed by atoms with Gasteiger partial charge in [-0.1, -0.05) is 11.8 Å². The van der Waals surface area contributed by atoms with Crippen molar-refractivity contribution in [2.45, 2.75) is 24.5 Å². The first kappa shape index (κ1) is 17.0. The van der Waals surface area contributed by atoms with Gasteiger partial charge in [-0.25, -0.2) is 15.0 Å². The number of amides is 1. The minimum Gasteiger partial charge on any atom is -0.339 e. The van der Waals surface area contributed by atoms with Crippen molar-refractivity contribution in [3.05, 3.63) is 40.6 Å². The number of fused-ring (bicyclic) bond motifs is 1. The molecule has 1 fully saturated rings. The maximum absolute atomic E-state index is 12.7. The van der Waals surface area contributed by atoms with Crippen molar-refractivity contribution < 1.29 is 4.79 Å². The van der Waals surface area contributed by atoms with Crippen LogP contribution >= 0.6 is 11.8 Å². The number of carbonyl (C=O) groups is 1. The molecule has 2 aromatic heterocycles. The second-order valence-electron chi connectivity index (χ2n) is 6.47. The second-order valence-corrected chi connectivity index (χ2v) is 7.46. The molecule has 0 aliphatic carbocycles. The van der Waals surface area contributed by atoms with Crippen molar-refractivity contribution in [1.29, 1.82) is 0 Å². The van der Waals surface area contributed by atoms with E-state index in [1.165, 1.54) is 6.07 Å². The van der Waals surface area contributed by atoms with E-state index in [1.807, 2.05) is 11.8 Å². The van der Waals surface area contributed by atoms with Crippen LogP contribution in [0.25, 0.3) is 0 Å². The van der Waals surface area contributed by atoms with Crippen molar-refractivity contribution in [3.8, 4) is 0 Å². The van der Waals surface area contributed by atoms with Crippen LogP contribution in [0.1, 0.15) is 18.2 Å². The largest absolute Gasteiger partial charge is 0.339 e. The van der Waals surface area contributed by atoms with Crippen LogP contribution in [0.2, 0.25) is 0 Å². The van der Waals surface area contributed by atoms with Gasteiger partial charge in [-0.2, -0.15) is 0 Å². The Balaban J connectivity index is 1.38. The average molecular weight is 372 g/mol. The molecule has 4 rings (SSSR count). The summed E-state index contributed by atoms with van der Waals surface area (Å²) in [6.45, 7) is 4.53. The summed E-state index contributed by atoms with van der Waals surface area (Å²) in [4.78, 5) is 41.9. The lowest BCUT2D eigenvalue weighted by atomic mass is 10.2. The zero-order chi connectivity index (χ0) is 18.1. The van der Waals surface area contributed by atoms with Gasteiger partial charge in [0.25, 0.3) is 5.56 Å². The molecule has 9 heteroatoms. The van der Waals surface area contributed by atoms with Crippen LogP contribution in [0.5, 0.6) is 0 Å². The number of hydrogen-bond donors (Lipinski definition) is 0. The molecule has 1 unspecified atom stereocenters. The lowest BCUT2D eigenvalue weighted by molar-refractivity contribution is -0.132. The third kappa shape index (κ3) is 3.31. The highest BCUT2D eigenvalue weighted by atomic mass is 32.2. The van der Waals surface area contributed by atoms with Gasteiger partial charge in [-0.05, 0) is 13.0 Å². The maximum atomic E-state index is 12.7. The number of hydrogen-bond acceptors (Lipinski definition) is 7. The molecule has 1 amide bonds. The fourth-order valence-corrected chi connectivity index (χ4v) is 4.55. The highest BCUT2D eigenvalue weighted by Crippen LogP contribution is 2.32. The lowest BCUT2D eigenvalue weighted by Crippen LogP contribution is -2.49. The molecule has 0 saturated carbocycles. The molecule has 1 atom stereocenters. The molecule has 0 bridgehead atoms. The zero-order valence-electron chi connectivity index (χ0n) is 14.5. The molecular weight excluding hydrogens is 352 g/mol. The van der Waals surface area contributed by atoms with Gasteiger partial charge in [0, 0.05) is 62.5 Å². The summed E-state index contributed by atoms with van der Waals surface area (Å²) >= 11 is 1.55. The van der Waals surface area contributed by atoms with Crippen molar-refractivity contribution in [1.82, 2.24) is 24.4 Å². The first-order valence-corrected chi connectivity index (χ1v) is 9.63. The maximum Gasteiger partial charge on any atom is 0.254 e. The van der Waals surface area contributed by atoms with Crippen LogP contribution in [-0.4, -0.2) is 62.3 Å². The molecule has 26 heavy (non-hydrogen) atoms. The van der Waals surface area contributed by atoms with E-state index in [4.69, 9.17) is 0 Å². The molecule has 8 nitrogen and oxygen atoms in total. The van der Waals surface area contributed by atoms with Gasteiger partial charge in [-0.3, -0.25) is 14.2 Å². The van der Waals surface area contributed by atoms with E-state index in [9.17, 15) is 9.59 Å². The Hall–Kier alpha value is -2.42. The Labute approximate surface area is 155 Å². The number of thioether (sulfide) groups is 1. The van der Waals surface area contributed by atoms with E-state index in [1.54, 1.807) is 34.8 Å². The highest BCUT2D eigenvalue weighted by molar-refractivity contribution is 7.99. The molecule has 0 N–H and O–H groups in total. The Bertz CT molecular complexity index is 863. The predicted octanol–water partition coefficient (Wildman–Crippen LogP) is 0.727. The third-order valence-corrected chi connectivity index (χ3v) is 5.79. The van der Waals surface area contributed by atoms with Gasteiger partial charge in [0.1, 0.15) is 0 Å². The number of aryl methyl sites for hydroxylation is 1. The van der Waals surface area contributed by atoms with E-state index in [2.05, 4.69) is 19.9 Å². The summed E-state index contributed by atoms with van der Waals surface area (Å²) in [6, 6.07) is 3.21. The summed E-state index contributed by atoms with van der Waals surface area (Å²) in [7, 11) is 0. The molecule has 0 aromatic carbocycles. The number of rotatable bonds is 3. The third-order valence-electron chi connectivity index (χ3n) is 4.70. The number of aromatic nitrogens is 4. The normalized spacial score (nSPS) is 19.5. The van der Waals surface area contributed by atoms with Gasteiger partial charge in [-0.15, -0.1) is 0 Å². The van der Waals surface area contributed by atoms with E-state index in [0.717, 1.165) is 16.6 Å². The van der Waals surface area contributed by atoms with Gasteiger partial charge in [0.05, 0.1) is 6.04 Å². The summed E-state index contributed by atoms with van der Waals surface area (Å²) < 4.78 is 1.67. The van der Waals surface area contributed by atoms with Crippen LogP contribution in [0.15, 0.2) is 34.5 Å². The summed E-state index contributed by atoms with van der Waals surface area (Å²) in [5, 5.41) is 0.721. The Morgan fingerprint density at radius 1 is 1.23 bits per heavy atom. The summed E-state index contributed by atoms with van der Waals surface area (Å²) in [5.41, 5.74) is 0.654. The van der Waals surface area contributed by atoms with Crippen LogP contribution in [0.3, 0.4) is 0 Å². The molecular formula is C17H20N6O2S.